The summed E-state index contributed by atoms with van der Waals surface area (Å²) in [6.07, 6.45) is 2.68. The van der Waals surface area contributed by atoms with E-state index in [9.17, 15) is 13.2 Å². The minimum Gasteiger partial charge on any atom is -0.438 e. The van der Waals surface area contributed by atoms with E-state index in [1.54, 1.807) is 23.5 Å². The third-order valence-electron chi connectivity index (χ3n) is 5.21. The predicted molar refractivity (Wildman–Crippen MR) is 119 cm³/mol. The zero-order valence-corrected chi connectivity index (χ0v) is 18.1. The SMILES string of the molecule is O=C(Nc1ccc2nc(-c3cccs3)[nH]c2c1)c1ccc(S(=O)(=O)N2CCCCC2)o1. The minimum absolute atomic E-state index is 0.0560. The van der Waals surface area contributed by atoms with Gasteiger partial charge in [-0.05, 0) is 54.6 Å². The number of rotatable bonds is 5. The number of carbonyl (C=O) groups is 1. The second kappa shape index (κ2) is 7.95. The Balaban J connectivity index is 1.34. The Morgan fingerprint density at radius 2 is 1.97 bits per heavy atom. The van der Waals surface area contributed by atoms with Crippen LogP contribution in [0, 0.1) is 0 Å². The number of benzene rings is 1. The highest BCUT2D eigenvalue weighted by Crippen LogP contribution is 2.27. The Labute approximate surface area is 183 Å². The molecule has 0 bridgehead atoms. The van der Waals surface area contributed by atoms with Crippen molar-refractivity contribution in [1.29, 1.82) is 0 Å². The van der Waals surface area contributed by atoms with Gasteiger partial charge in [-0.25, -0.2) is 13.4 Å². The van der Waals surface area contributed by atoms with E-state index < -0.39 is 15.9 Å². The molecule has 8 nitrogen and oxygen atoms in total. The highest BCUT2D eigenvalue weighted by molar-refractivity contribution is 7.89. The van der Waals surface area contributed by atoms with Crippen molar-refractivity contribution >= 4 is 44.0 Å². The van der Waals surface area contributed by atoms with Crippen LogP contribution in [0.4, 0.5) is 5.69 Å². The van der Waals surface area contributed by atoms with Crippen LogP contribution in [0.1, 0.15) is 29.8 Å². The summed E-state index contributed by atoms with van der Waals surface area (Å²) in [4.78, 5) is 21.5. The Bertz CT molecular complexity index is 1330. The van der Waals surface area contributed by atoms with E-state index >= 15 is 0 Å². The summed E-state index contributed by atoms with van der Waals surface area (Å²) in [7, 11) is -3.72. The summed E-state index contributed by atoms with van der Waals surface area (Å²) >= 11 is 1.59. The van der Waals surface area contributed by atoms with Crippen molar-refractivity contribution in [2.75, 3.05) is 18.4 Å². The number of furan rings is 1. The fourth-order valence-electron chi connectivity index (χ4n) is 3.62. The molecule has 0 radical (unpaired) electrons. The van der Waals surface area contributed by atoms with Crippen molar-refractivity contribution in [3.63, 3.8) is 0 Å². The third-order valence-corrected chi connectivity index (χ3v) is 7.86. The van der Waals surface area contributed by atoms with Gasteiger partial charge in [0.25, 0.3) is 15.9 Å². The molecule has 31 heavy (non-hydrogen) atoms. The lowest BCUT2D eigenvalue weighted by Crippen LogP contribution is -2.35. The lowest BCUT2D eigenvalue weighted by molar-refractivity contribution is 0.0991. The van der Waals surface area contributed by atoms with Crippen molar-refractivity contribution in [3.05, 3.63) is 53.6 Å². The van der Waals surface area contributed by atoms with Gasteiger partial charge >= 0.3 is 0 Å². The van der Waals surface area contributed by atoms with Gasteiger partial charge in [0.15, 0.2) is 5.76 Å². The number of thiophene rings is 1. The molecule has 2 N–H and O–H groups in total. The van der Waals surface area contributed by atoms with E-state index in [-0.39, 0.29) is 10.9 Å². The van der Waals surface area contributed by atoms with Gasteiger partial charge in [-0.15, -0.1) is 11.3 Å². The molecule has 1 saturated heterocycles. The number of nitrogens with zero attached hydrogens (tertiary/aromatic N) is 2. The summed E-state index contributed by atoms with van der Waals surface area (Å²) in [5.41, 5.74) is 2.12. The van der Waals surface area contributed by atoms with Gasteiger partial charge in [-0.1, -0.05) is 12.5 Å². The summed E-state index contributed by atoms with van der Waals surface area (Å²) < 4.78 is 32.3. The number of H-pyrrole nitrogens is 1. The molecule has 4 heterocycles. The molecule has 1 amide bonds. The Kier molecular flexibility index (Phi) is 5.12. The fourth-order valence-corrected chi connectivity index (χ4v) is 5.72. The molecule has 0 spiro atoms. The molecule has 4 aromatic rings. The van der Waals surface area contributed by atoms with E-state index in [1.807, 2.05) is 23.6 Å². The normalized spacial score (nSPS) is 15.4. The molecule has 0 saturated carbocycles. The van der Waals surface area contributed by atoms with Gasteiger partial charge in [0.2, 0.25) is 5.09 Å². The van der Waals surface area contributed by atoms with Crippen molar-refractivity contribution in [2.24, 2.45) is 0 Å². The number of aromatic amines is 1. The number of anilines is 1. The highest BCUT2D eigenvalue weighted by Gasteiger charge is 2.29. The zero-order chi connectivity index (χ0) is 21.4. The van der Waals surface area contributed by atoms with Gasteiger partial charge in [-0.2, -0.15) is 4.31 Å². The molecule has 1 aromatic carbocycles. The quantitative estimate of drug-likeness (QED) is 0.465. The standard InChI is InChI=1S/C21H20N4O4S2/c26-21(17-8-9-19(29-17)31(27,28)25-10-2-1-3-11-25)22-14-6-7-15-16(13-14)24-20(23-15)18-5-4-12-30-18/h4-9,12-13H,1-3,10-11H2,(H,22,26)(H,23,24). The summed E-state index contributed by atoms with van der Waals surface area (Å²) in [6.45, 7) is 0.949. The molecule has 0 aliphatic carbocycles. The maximum absolute atomic E-state index is 12.7. The van der Waals surface area contributed by atoms with E-state index in [0.29, 0.717) is 18.8 Å². The van der Waals surface area contributed by atoms with Crippen LogP contribution in [0.15, 0.2) is 57.4 Å². The van der Waals surface area contributed by atoms with Crippen LogP contribution < -0.4 is 5.32 Å². The molecular weight excluding hydrogens is 436 g/mol. The van der Waals surface area contributed by atoms with E-state index in [0.717, 1.165) is 41.0 Å². The van der Waals surface area contributed by atoms with Crippen LogP contribution >= 0.6 is 11.3 Å². The zero-order valence-electron chi connectivity index (χ0n) is 16.5. The molecule has 5 rings (SSSR count). The first-order chi connectivity index (χ1) is 15.0. The molecule has 0 atom stereocenters. The molecule has 0 unspecified atom stereocenters. The second-order valence-electron chi connectivity index (χ2n) is 7.33. The summed E-state index contributed by atoms with van der Waals surface area (Å²) in [5, 5.41) is 4.53. The molecule has 1 aliphatic heterocycles. The number of fused-ring (bicyclic) bond motifs is 1. The second-order valence-corrected chi connectivity index (χ2v) is 10.1. The van der Waals surface area contributed by atoms with Gasteiger partial charge in [0, 0.05) is 18.8 Å². The Morgan fingerprint density at radius 1 is 1.13 bits per heavy atom. The van der Waals surface area contributed by atoms with Crippen molar-refractivity contribution in [2.45, 2.75) is 24.4 Å². The van der Waals surface area contributed by atoms with Gasteiger partial charge in [0.05, 0.1) is 15.9 Å². The van der Waals surface area contributed by atoms with E-state index in [4.69, 9.17) is 4.42 Å². The predicted octanol–water partition coefficient (Wildman–Crippen LogP) is 4.31. The van der Waals surface area contributed by atoms with E-state index in [2.05, 4.69) is 15.3 Å². The number of nitrogens with one attached hydrogen (secondary N) is 2. The average molecular weight is 457 g/mol. The van der Waals surface area contributed by atoms with Crippen molar-refractivity contribution < 1.29 is 17.6 Å². The van der Waals surface area contributed by atoms with Gasteiger partial charge in [0.1, 0.15) is 5.82 Å². The molecule has 10 heteroatoms. The van der Waals surface area contributed by atoms with Crippen LogP contribution in [-0.2, 0) is 10.0 Å². The first-order valence-electron chi connectivity index (χ1n) is 9.96. The third kappa shape index (κ3) is 3.89. The largest absolute Gasteiger partial charge is 0.438 e. The fraction of sp³-hybridized carbons (Fsp3) is 0.238. The van der Waals surface area contributed by atoms with Gasteiger partial charge in [-0.3, -0.25) is 4.79 Å². The monoisotopic (exact) mass is 456 g/mol. The molecule has 1 aliphatic rings. The molecule has 160 valence electrons. The van der Waals surface area contributed by atoms with Crippen LogP contribution in [0.3, 0.4) is 0 Å². The number of hydrogen-bond donors (Lipinski definition) is 2. The number of imidazole rings is 1. The van der Waals surface area contributed by atoms with Gasteiger partial charge < -0.3 is 14.7 Å². The van der Waals surface area contributed by atoms with Crippen LogP contribution in [0.2, 0.25) is 0 Å². The maximum atomic E-state index is 12.7. The molecule has 3 aromatic heterocycles. The topological polar surface area (TPSA) is 108 Å². The van der Waals surface area contributed by atoms with Crippen molar-refractivity contribution in [3.8, 4) is 10.7 Å². The lowest BCUT2D eigenvalue weighted by atomic mass is 10.2. The summed E-state index contributed by atoms with van der Waals surface area (Å²) in [6, 6.07) is 12.0. The molecule has 1 fully saturated rings. The van der Waals surface area contributed by atoms with E-state index in [1.165, 1.54) is 16.4 Å². The number of amides is 1. The highest BCUT2D eigenvalue weighted by atomic mass is 32.2. The minimum atomic E-state index is -3.72. The number of aromatic nitrogens is 2. The number of hydrogen-bond acceptors (Lipinski definition) is 6. The number of piperidine rings is 1. The maximum Gasteiger partial charge on any atom is 0.291 e. The smallest absolute Gasteiger partial charge is 0.291 e. The first-order valence-corrected chi connectivity index (χ1v) is 12.3. The van der Waals surface area contributed by atoms with Crippen LogP contribution in [0.25, 0.3) is 21.7 Å². The average Bonchev–Trinajstić information content (AvgIpc) is 3.54. The van der Waals surface area contributed by atoms with Crippen LogP contribution in [0.5, 0.6) is 0 Å². The molecular formula is C21H20N4O4S2. The van der Waals surface area contributed by atoms with Crippen molar-refractivity contribution in [1.82, 2.24) is 14.3 Å². The lowest BCUT2D eigenvalue weighted by Gasteiger charge is -2.24. The summed E-state index contributed by atoms with van der Waals surface area (Å²) in [5.74, 6) is 0.198. The number of carbonyl (C=O) groups excluding carboxylic acids is 1. The number of sulfonamides is 1. The Hall–Kier alpha value is -2.95. The first kappa shape index (κ1) is 20.0. The Morgan fingerprint density at radius 3 is 2.74 bits per heavy atom. The van der Waals surface area contributed by atoms with Crippen LogP contribution in [-0.4, -0.2) is 41.7 Å².